The van der Waals surface area contributed by atoms with Gasteiger partial charge in [0, 0.05) is 22.1 Å². The zero-order valence-electron chi connectivity index (χ0n) is 12.9. The van der Waals surface area contributed by atoms with Crippen molar-refractivity contribution in [1.29, 1.82) is 0 Å². The molecule has 0 saturated carbocycles. The Morgan fingerprint density at radius 3 is 2.68 bits per heavy atom. The molecular formula is C18H18BrNO2. The van der Waals surface area contributed by atoms with Crippen molar-refractivity contribution < 1.29 is 4.74 Å². The third kappa shape index (κ3) is 3.42. The first-order valence-corrected chi connectivity index (χ1v) is 7.90. The van der Waals surface area contributed by atoms with Gasteiger partial charge in [-0.15, -0.1) is 5.92 Å². The molecule has 0 amide bonds. The average molecular weight is 360 g/mol. The monoisotopic (exact) mass is 359 g/mol. The highest BCUT2D eigenvalue weighted by molar-refractivity contribution is 9.10. The van der Waals surface area contributed by atoms with E-state index in [1.54, 1.807) is 11.5 Å². The van der Waals surface area contributed by atoms with Crippen LogP contribution in [0.25, 0.3) is 11.3 Å². The number of aromatic nitrogens is 1. The molecule has 1 heterocycles. The molecular weight excluding hydrogens is 342 g/mol. The van der Waals surface area contributed by atoms with E-state index in [2.05, 4.69) is 27.8 Å². The largest absolute Gasteiger partial charge is 0.481 e. The van der Waals surface area contributed by atoms with Gasteiger partial charge in [0.1, 0.15) is 12.4 Å². The maximum atomic E-state index is 12.3. The minimum Gasteiger partial charge on any atom is -0.481 e. The van der Waals surface area contributed by atoms with E-state index in [1.807, 2.05) is 44.2 Å². The molecule has 0 spiro atoms. The number of halogens is 1. The second-order valence-corrected chi connectivity index (χ2v) is 5.66. The first kappa shape index (κ1) is 16.4. The van der Waals surface area contributed by atoms with Crippen molar-refractivity contribution >= 4 is 15.9 Å². The lowest BCUT2D eigenvalue weighted by molar-refractivity contribution is 0.370. The molecule has 4 heteroatoms. The number of ether oxygens (including phenoxy) is 1. The maximum Gasteiger partial charge on any atom is 0.253 e. The number of hydrogen-bond acceptors (Lipinski definition) is 2. The summed E-state index contributed by atoms with van der Waals surface area (Å²) >= 11 is 3.57. The normalized spacial score (nSPS) is 10.0. The molecule has 2 rings (SSSR count). The minimum atomic E-state index is 0.0467. The summed E-state index contributed by atoms with van der Waals surface area (Å²) in [4.78, 5) is 12.3. The van der Waals surface area contributed by atoms with E-state index in [1.165, 1.54) is 0 Å². The predicted molar refractivity (Wildman–Crippen MR) is 93.2 cm³/mol. The summed E-state index contributed by atoms with van der Waals surface area (Å²) in [7, 11) is 0. The van der Waals surface area contributed by atoms with Crippen LogP contribution in [-0.2, 0) is 6.54 Å². The number of aryl methyl sites for hydroxylation is 1. The van der Waals surface area contributed by atoms with Crippen LogP contribution >= 0.6 is 15.9 Å². The molecule has 0 radical (unpaired) electrons. The van der Waals surface area contributed by atoms with Crippen LogP contribution in [0.2, 0.25) is 0 Å². The summed E-state index contributed by atoms with van der Waals surface area (Å²) in [5, 5.41) is 0. The van der Waals surface area contributed by atoms with Gasteiger partial charge in [0.05, 0.1) is 5.69 Å². The second kappa shape index (κ2) is 7.33. The summed E-state index contributed by atoms with van der Waals surface area (Å²) in [5.41, 5.74) is 2.66. The van der Waals surface area contributed by atoms with Gasteiger partial charge in [0.2, 0.25) is 0 Å². The Morgan fingerprint density at radius 1 is 1.27 bits per heavy atom. The van der Waals surface area contributed by atoms with E-state index >= 15 is 0 Å². The lowest BCUT2D eigenvalue weighted by Gasteiger charge is -2.14. The second-order valence-electron chi connectivity index (χ2n) is 4.81. The first-order chi connectivity index (χ1) is 10.6. The number of benzene rings is 1. The van der Waals surface area contributed by atoms with Gasteiger partial charge in [-0.05, 0) is 61.0 Å². The zero-order chi connectivity index (χ0) is 16.1. The van der Waals surface area contributed by atoms with Crippen molar-refractivity contribution in [3.8, 4) is 28.8 Å². The van der Waals surface area contributed by atoms with Crippen molar-refractivity contribution in [2.75, 3.05) is 6.61 Å². The van der Waals surface area contributed by atoms with Crippen LogP contribution in [0.4, 0.5) is 0 Å². The molecule has 0 saturated heterocycles. The Morgan fingerprint density at radius 2 is 2.05 bits per heavy atom. The topological polar surface area (TPSA) is 31.2 Å². The van der Waals surface area contributed by atoms with Gasteiger partial charge in [-0.2, -0.15) is 0 Å². The first-order valence-electron chi connectivity index (χ1n) is 7.11. The number of pyridine rings is 1. The molecule has 2 aromatic rings. The lowest BCUT2D eigenvalue weighted by Crippen LogP contribution is -2.22. The molecule has 3 nitrogen and oxygen atoms in total. The Bertz CT molecular complexity index is 797. The highest BCUT2D eigenvalue weighted by Gasteiger charge is 2.11. The molecule has 0 aliphatic carbocycles. The van der Waals surface area contributed by atoms with E-state index < -0.39 is 0 Å². The van der Waals surface area contributed by atoms with Gasteiger partial charge in [-0.1, -0.05) is 12.0 Å². The summed E-state index contributed by atoms with van der Waals surface area (Å²) in [6, 6.07) is 9.58. The van der Waals surface area contributed by atoms with E-state index in [-0.39, 0.29) is 5.56 Å². The molecule has 0 bridgehead atoms. The van der Waals surface area contributed by atoms with Gasteiger partial charge in [0.15, 0.2) is 0 Å². The maximum absolute atomic E-state index is 12.3. The van der Waals surface area contributed by atoms with Crippen LogP contribution in [0.1, 0.15) is 19.4 Å². The van der Waals surface area contributed by atoms with Crippen LogP contribution in [-0.4, -0.2) is 11.2 Å². The van der Waals surface area contributed by atoms with Gasteiger partial charge in [0.25, 0.3) is 5.56 Å². The smallest absolute Gasteiger partial charge is 0.253 e. The molecule has 0 aliphatic rings. The molecule has 1 aromatic carbocycles. The summed E-state index contributed by atoms with van der Waals surface area (Å²) in [6.45, 7) is 6.58. The number of nitrogens with zero attached hydrogens (tertiary/aromatic N) is 1. The van der Waals surface area contributed by atoms with Crippen LogP contribution in [0.3, 0.4) is 0 Å². The van der Waals surface area contributed by atoms with Crippen LogP contribution < -0.4 is 10.3 Å². The average Bonchev–Trinajstić information content (AvgIpc) is 2.51. The highest BCUT2D eigenvalue weighted by Crippen LogP contribution is 2.31. The van der Waals surface area contributed by atoms with Crippen LogP contribution in [0, 0.1) is 18.8 Å². The molecule has 0 N–H and O–H groups in total. The molecule has 0 unspecified atom stereocenters. The summed E-state index contributed by atoms with van der Waals surface area (Å²) < 4.78 is 8.21. The molecule has 0 aliphatic heterocycles. The third-order valence-corrected chi connectivity index (χ3v) is 4.04. The lowest BCUT2D eigenvalue weighted by atomic mass is 10.1. The van der Waals surface area contributed by atoms with E-state index in [0.717, 1.165) is 27.0 Å². The number of hydrogen-bond donors (Lipinski definition) is 0. The Hall–Kier alpha value is -1.99. The highest BCUT2D eigenvalue weighted by atomic mass is 79.9. The van der Waals surface area contributed by atoms with Gasteiger partial charge in [-0.25, -0.2) is 0 Å². The Kier molecular flexibility index (Phi) is 5.46. The van der Waals surface area contributed by atoms with E-state index in [0.29, 0.717) is 13.2 Å². The fourth-order valence-corrected chi connectivity index (χ4v) is 2.78. The molecule has 0 atom stereocenters. The molecule has 1 aromatic heterocycles. The van der Waals surface area contributed by atoms with Crippen molar-refractivity contribution in [1.82, 2.24) is 4.57 Å². The fraction of sp³-hybridized carbons (Fsp3) is 0.278. The Labute approximate surface area is 139 Å². The number of rotatable bonds is 4. The quantitative estimate of drug-likeness (QED) is 0.772. The molecule has 0 fully saturated rings. The summed E-state index contributed by atoms with van der Waals surface area (Å²) in [6.07, 6.45) is 0. The fourth-order valence-electron chi connectivity index (χ4n) is 2.22. The van der Waals surface area contributed by atoms with E-state index in [4.69, 9.17) is 4.74 Å². The van der Waals surface area contributed by atoms with Crippen LogP contribution in [0.15, 0.2) is 39.6 Å². The van der Waals surface area contributed by atoms with Gasteiger partial charge < -0.3 is 9.30 Å². The van der Waals surface area contributed by atoms with Gasteiger partial charge in [-0.3, -0.25) is 4.79 Å². The van der Waals surface area contributed by atoms with Gasteiger partial charge >= 0.3 is 0 Å². The Balaban J connectivity index is 2.43. The van der Waals surface area contributed by atoms with E-state index in [9.17, 15) is 4.79 Å². The standard InChI is InChI=1S/C18H18BrNO2/c1-4-6-11-22-14-8-9-15(16(19)12-14)17-10-7-13(3)18(21)20(17)5-2/h7-10,12H,5,11H2,1-3H3. The van der Waals surface area contributed by atoms with Crippen LogP contribution in [0.5, 0.6) is 5.75 Å². The molecule has 114 valence electrons. The summed E-state index contributed by atoms with van der Waals surface area (Å²) in [5.74, 6) is 6.40. The SMILES string of the molecule is CC#CCOc1ccc(-c2ccc(C)c(=O)n2CC)c(Br)c1. The molecule has 22 heavy (non-hydrogen) atoms. The predicted octanol–water partition coefficient (Wildman–Crippen LogP) is 4.01. The van der Waals surface area contributed by atoms with Crippen molar-refractivity contribution in [3.05, 3.63) is 50.7 Å². The zero-order valence-corrected chi connectivity index (χ0v) is 14.5. The van der Waals surface area contributed by atoms with Crippen molar-refractivity contribution in [2.24, 2.45) is 0 Å². The minimum absolute atomic E-state index is 0.0467. The third-order valence-electron chi connectivity index (χ3n) is 3.39. The van der Waals surface area contributed by atoms with Crippen molar-refractivity contribution in [2.45, 2.75) is 27.3 Å². The van der Waals surface area contributed by atoms with Crippen molar-refractivity contribution in [3.63, 3.8) is 0 Å².